The zero-order chi connectivity index (χ0) is 21.5. The lowest BCUT2D eigenvalue weighted by Gasteiger charge is -2.22. The summed E-state index contributed by atoms with van der Waals surface area (Å²) in [6.07, 6.45) is 0. The first-order valence-corrected chi connectivity index (χ1v) is 10.2. The number of benzene rings is 2. The molecule has 2 N–H and O–H groups in total. The van der Waals surface area contributed by atoms with Crippen LogP contribution in [0.2, 0.25) is 0 Å². The summed E-state index contributed by atoms with van der Waals surface area (Å²) >= 11 is 3.37. The number of urea groups is 1. The van der Waals surface area contributed by atoms with Crippen LogP contribution in [0.1, 0.15) is 31.0 Å². The smallest absolute Gasteiger partial charge is 0.325 e. The second kappa shape index (κ2) is 7.64. The Morgan fingerprint density at radius 3 is 2.77 bits per heavy atom. The Balaban J connectivity index is 1.44. The van der Waals surface area contributed by atoms with Gasteiger partial charge in [-0.1, -0.05) is 34.1 Å². The molecule has 2 atom stereocenters. The number of imide groups is 1. The lowest BCUT2D eigenvalue weighted by atomic mass is 9.92. The van der Waals surface area contributed by atoms with E-state index in [4.69, 9.17) is 9.47 Å². The van der Waals surface area contributed by atoms with Crippen LogP contribution in [0, 0.1) is 0 Å². The summed E-state index contributed by atoms with van der Waals surface area (Å²) in [5.74, 6) is 0.356. The molecule has 30 heavy (non-hydrogen) atoms. The van der Waals surface area contributed by atoms with E-state index in [1.54, 1.807) is 37.3 Å². The average molecular weight is 474 g/mol. The molecule has 8 nitrogen and oxygen atoms in total. The third kappa shape index (κ3) is 3.60. The van der Waals surface area contributed by atoms with Crippen LogP contribution < -0.4 is 20.1 Å². The van der Waals surface area contributed by atoms with Crippen molar-refractivity contribution in [3.63, 3.8) is 0 Å². The predicted octanol–water partition coefficient (Wildman–Crippen LogP) is 2.82. The second-order valence-corrected chi connectivity index (χ2v) is 8.27. The van der Waals surface area contributed by atoms with Crippen molar-refractivity contribution >= 4 is 33.8 Å². The number of amides is 4. The van der Waals surface area contributed by atoms with Crippen LogP contribution in [-0.2, 0) is 15.1 Å². The number of fused-ring (bicyclic) bond motifs is 1. The molecule has 2 aliphatic rings. The van der Waals surface area contributed by atoms with Crippen molar-refractivity contribution in [1.82, 2.24) is 15.5 Å². The van der Waals surface area contributed by atoms with Gasteiger partial charge in [0, 0.05) is 4.47 Å². The Morgan fingerprint density at radius 1 is 1.23 bits per heavy atom. The number of carbonyl (C=O) groups is 3. The quantitative estimate of drug-likeness (QED) is 0.650. The Hall–Kier alpha value is -3.07. The van der Waals surface area contributed by atoms with E-state index in [9.17, 15) is 14.4 Å². The highest BCUT2D eigenvalue weighted by molar-refractivity contribution is 9.10. The fourth-order valence-electron chi connectivity index (χ4n) is 3.53. The molecular formula is C21H20BrN3O5. The molecular weight excluding hydrogens is 454 g/mol. The summed E-state index contributed by atoms with van der Waals surface area (Å²) in [5, 5.41) is 5.51. The summed E-state index contributed by atoms with van der Waals surface area (Å²) < 4.78 is 11.4. The SMILES string of the molecule is CC(NC(=O)CN1C(=O)NC(C)(c2cccc(Br)c2)C1=O)c1ccc2c(c1)OCO2. The van der Waals surface area contributed by atoms with Gasteiger partial charge in [-0.15, -0.1) is 0 Å². The van der Waals surface area contributed by atoms with Crippen molar-refractivity contribution in [3.05, 3.63) is 58.1 Å². The lowest BCUT2D eigenvalue weighted by molar-refractivity contribution is -0.135. The molecule has 9 heteroatoms. The van der Waals surface area contributed by atoms with Crippen molar-refractivity contribution in [1.29, 1.82) is 0 Å². The first kappa shape index (κ1) is 20.2. The fraction of sp³-hybridized carbons (Fsp3) is 0.286. The van der Waals surface area contributed by atoms with Gasteiger partial charge in [0.05, 0.1) is 6.04 Å². The van der Waals surface area contributed by atoms with Crippen LogP contribution in [0.5, 0.6) is 11.5 Å². The lowest BCUT2D eigenvalue weighted by Crippen LogP contribution is -2.43. The molecule has 0 spiro atoms. The monoisotopic (exact) mass is 473 g/mol. The molecule has 156 valence electrons. The minimum atomic E-state index is -1.23. The van der Waals surface area contributed by atoms with E-state index in [-0.39, 0.29) is 19.4 Å². The van der Waals surface area contributed by atoms with Crippen LogP contribution in [0.3, 0.4) is 0 Å². The number of rotatable bonds is 5. The summed E-state index contributed by atoms with van der Waals surface area (Å²) in [7, 11) is 0. The van der Waals surface area contributed by atoms with Crippen molar-refractivity contribution < 1.29 is 23.9 Å². The largest absolute Gasteiger partial charge is 0.454 e. The topological polar surface area (TPSA) is 97.0 Å². The van der Waals surface area contributed by atoms with E-state index in [0.717, 1.165) is 14.9 Å². The molecule has 2 aliphatic heterocycles. The van der Waals surface area contributed by atoms with E-state index in [1.807, 2.05) is 19.1 Å². The second-order valence-electron chi connectivity index (χ2n) is 7.36. The molecule has 0 aliphatic carbocycles. The maximum Gasteiger partial charge on any atom is 0.325 e. The highest BCUT2D eigenvalue weighted by Gasteiger charge is 2.49. The molecule has 1 saturated heterocycles. The van der Waals surface area contributed by atoms with Crippen molar-refractivity contribution in [2.24, 2.45) is 0 Å². The molecule has 0 radical (unpaired) electrons. The zero-order valence-electron chi connectivity index (χ0n) is 16.4. The first-order valence-electron chi connectivity index (χ1n) is 9.37. The van der Waals surface area contributed by atoms with Crippen LogP contribution in [0.4, 0.5) is 4.79 Å². The van der Waals surface area contributed by atoms with Gasteiger partial charge in [-0.2, -0.15) is 0 Å². The highest BCUT2D eigenvalue weighted by Crippen LogP contribution is 2.34. The Kier molecular flexibility index (Phi) is 5.15. The van der Waals surface area contributed by atoms with Crippen LogP contribution in [0.15, 0.2) is 46.9 Å². The van der Waals surface area contributed by atoms with Gasteiger partial charge < -0.3 is 20.1 Å². The van der Waals surface area contributed by atoms with Crippen LogP contribution in [-0.4, -0.2) is 36.1 Å². The number of nitrogens with zero attached hydrogens (tertiary/aromatic N) is 1. The summed E-state index contributed by atoms with van der Waals surface area (Å²) in [6.45, 7) is 3.24. The van der Waals surface area contributed by atoms with Crippen LogP contribution >= 0.6 is 15.9 Å². The van der Waals surface area contributed by atoms with Crippen molar-refractivity contribution in [2.75, 3.05) is 13.3 Å². The van der Waals surface area contributed by atoms with Crippen LogP contribution in [0.25, 0.3) is 0 Å². The van der Waals surface area contributed by atoms with Gasteiger partial charge in [0.2, 0.25) is 12.7 Å². The molecule has 2 unspecified atom stereocenters. The third-order valence-corrected chi connectivity index (χ3v) is 5.75. The summed E-state index contributed by atoms with van der Waals surface area (Å²) in [5.41, 5.74) is 0.222. The minimum Gasteiger partial charge on any atom is -0.454 e. The maximum absolute atomic E-state index is 13.0. The predicted molar refractivity (Wildman–Crippen MR) is 111 cm³/mol. The minimum absolute atomic E-state index is 0.169. The molecule has 2 aromatic carbocycles. The first-order chi connectivity index (χ1) is 14.3. The number of carbonyl (C=O) groups excluding carboxylic acids is 3. The number of nitrogens with one attached hydrogen (secondary N) is 2. The Morgan fingerprint density at radius 2 is 2.00 bits per heavy atom. The van der Waals surface area contributed by atoms with E-state index in [2.05, 4.69) is 26.6 Å². The third-order valence-electron chi connectivity index (χ3n) is 5.25. The molecule has 0 bridgehead atoms. The molecule has 2 aromatic rings. The van der Waals surface area contributed by atoms with Crippen molar-refractivity contribution in [3.8, 4) is 11.5 Å². The Bertz CT molecular complexity index is 1040. The molecule has 0 aromatic heterocycles. The van der Waals surface area contributed by atoms with Crippen molar-refractivity contribution in [2.45, 2.75) is 25.4 Å². The van der Waals surface area contributed by atoms with Gasteiger partial charge >= 0.3 is 6.03 Å². The molecule has 1 fully saturated rings. The van der Waals surface area contributed by atoms with Gasteiger partial charge in [-0.3, -0.25) is 14.5 Å². The fourth-order valence-corrected chi connectivity index (χ4v) is 3.93. The van der Waals surface area contributed by atoms with Gasteiger partial charge in [-0.05, 0) is 49.2 Å². The molecule has 4 amide bonds. The zero-order valence-corrected chi connectivity index (χ0v) is 18.0. The van der Waals surface area contributed by atoms with Gasteiger partial charge in [0.1, 0.15) is 12.1 Å². The van der Waals surface area contributed by atoms with E-state index < -0.39 is 23.4 Å². The normalized spacial score (nSPS) is 20.8. The maximum atomic E-state index is 13.0. The van der Waals surface area contributed by atoms with E-state index in [0.29, 0.717) is 17.1 Å². The molecule has 0 saturated carbocycles. The average Bonchev–Trinajstić information content (AvgIpc) is 3.26. The summed E-state index contributed by atoms with van der Waals surface area (Å²) in [6, 6.07) is 11.6. The molecule has 4 rings (SSSR count). The molecule has 2 heterocycles. The number of halogens is 1. The Labute approximate surface area is 181 Å². The summed E-state index contributed by atoms with van der Waals surface area (Å²) in [4.78, 5) is 38.9. The number of hydrogen-bond donors (Lipinski definition) is 2. The number of ether oxygens (including phenoxy) is 2. The van der Waals surface area contributed by atoms with Gasteiger partial charge in [0.15, 0.2) is 11.5 Å². The van der Waals surface area contributed by atoms with E-state index >= 15 is 0 Å². The van der Waals surface area contributed by atoms with E-state index in [1.165, 1.54) is 0 Å². The van der Waals surface area contributed by atoms with Gasteiger partial charge in [0.25, 0.3) is 5.91 Å². The van der Waals surface area contributed by atoms with Gasteiger partial charge in [-0.25, -0.2) is 4.79 Å². The number of hydrogen-bond acceptors (Lipinski definition) is 5. The standard InChI is InChI=1S/C21H20BrN3O5/c1-12(13-6-7-16-17(8-13)30-11-29-16)23-18(26)10-25-19(27)21(2,24-20(25)28)14-4-3-5-15(22)9-14/h3-9,12H,10-11H2,1-2H3,(H,23,26)(H,24,28). The highest BCUT2D eigenvalue weighted by atomic mass is 79.9.